The van der Waals surface area contributed by atoms with Crippen LogP contribution in [0.3, 0.4) is 0 Å². The molecule has 0 spiro atoms. The second-order valence-corrected chi connectivity index (χ2v) is 6.88. The number of aryl methyl sites for hydroxylation is 2. The minimum Gasteiger partial charge on any atom is -0.258 e. The molecule has 19 heavy (non-hydrogen) atoms. The van der Waals surface area contributed by atoms with Crippen molar-refractivity contribution in [2.45, 2.75) is 25.1 Å². The molecule has 3 nitrogen and oxygen atoms in total. The Morgan fingerprint density at radius 3 is 2.42 bits per heavy atom. The highest BCUT2D eigenvalue weighted by atomic mass is 79.9. The van der Waals surface area contributed by atoms with E-state index in [0.717, 1.165) is 12.0 Å². The fourth-order valence-corrected chi connectivity index (χ4v) is 3.62. The highest BCUT2D eigenvalue weighted by Gasteiger charge is 2.13. The molecule has 0 aliphatic rings. The van der Waals surface area contributed by atoms with Crippen molar-refractivity contribution < 1.29 is 4.92 Å². The van der Waals surface area contributed by atoms with E-state index in [0.29, 0.717) is 0 Å². The zero-order valence-corrected chi connectivity index (χ0v) is 13.1. The molecular formula is C14H14BrNO2S. The van der Waals surface area contributed by atoms with Gasteiger partial charge in [-0.3, -0.25) is 10.1 Å². The smallest absolute Gasteiger partial charge is 0.258 e. The summed E-state index contributed by atoms with van der Waals surface area (Å²) in [7, 11) is 0. The SMILES string of the molecule is Cc1cc(C(Br)Cc2ccc([N+](=O)[O-])cc2)sc1C. The second kappa shape index (κ2) is 5.84. The molecule has 5 heteroatoms. The molecule has 0 saturated carbocycles. The Morgan fingerprint density at radius 2 is 1.95 bits per heavy atom. The van der Waals surface area contributed by atoms with Crippen LogP contribution in [0.5, 0.6) is 0 Å². The fraction of sp³-hybridized carbons (Fsp3) is 0.286. The lowest BCUT2D eigenvalue weighted by atomic mass is 10.1. The summed E-state index contributed by atoms with van der Waals surface area (Å²) in [4.78, 5) is 13.1. The van der Waals surface area contributed by atoms with Gasteiger partial charge in [0.2, 0.25) is 0 Å². The predicted molar refractivity (Wildman–Crippen MR) is 82.3 cm³/mol. The van der Waals surface area contributed by atoms with Crippen molar-refractivity contribution >= 4 is 33.0 Å². The molecule has 0 N–H and O–H groups in total. The van der Waals surface area contributed by atoms with Crippen molar-refractivity contribution in [1.82, 2.24) is 0 Å². The molecule has 0 bridgehead atoms. The number of non-ortho nitro benzene ring substituents is 1. The quantitative estimate of drug-likeness (QED) is 0.449. The van der Waals surface area contributed by atoms with Gasteiger partial charge < -0.3 is 0 Å². The molecule has 1 unspecified atom stereocenters. The van der Waals surface area contributed by atoms with E-state index in [9.17, 15) is 10.1 Å². The van der Waals surface area contributed by atoms with Crippen LogP contribution in [0, 0.1) is 24.0 Å². The number of nitrogens with zero attached hydrogens (tertiary/aromatic N) is 1. The van der Waals surface area contributed by atoms with E-state index >= 15 is 0 Å². The number of alkyl halides is 1. The average Bonchev–Trinajstić information content (AvgIpc) is 2.70. The standard InChI is InChI=1S/C14H14BrNO2S/c1-9-7-14(19-10(9)2)13(15)8-11-3-5-12(6-4-11)16(17)18/h3-7,13H,8H2,1-2H3. The Hall–Kier alpha value is -1.20. The molecular weight excluding hydrogens is 326 g/mol. The number of nitro groups is 1. The molecule has 1 atom stereocenters. The summed E-state index contributed by atoms with van der Waals surface area (Å²) in [6.45, 7) is 4.23. The highest BCUT2D eigenvalue weighted by Crippen LogP contribution is 2.34. The number of hydrogen-bond donors (Lipinski definition) is 0. The third-order valence-corrected chi connectivity index (χ3v) is 5.44. The highest BCUT2D eigenvalue weighted by molar-refractivity contribution is 9.09. The van der Waals surface area contributed by atoms with E-state index in [2.05, 4.69) is 35.8 Å². The number of rotatable bonds is 4. The van der Waals surface area contributed by atoms with Gasteiger partial charge in [-0.15, -0.1) is 11.3 Å². The van der Waals surface area contributed by atoms with Crippen LogP contribution < -0.4 is 0 Å². The minimum absolute atomic E-state index is 0.137. The molecule has 100 valence electrons. The summed E-state index contributed by atoms with van der Waals surface area (Å²) in [5.74, 6) is 0. The number of benzene rings is 1. The van der Waals surface area contributed by atoms with Crippen LogP contribution in [0.15, 0.2) is 30.3 Å². The first kappa shape index (κ1) is 14.2. The van der Waals surface area contributed by atoms with E-state index in [4.69, 9.17) is 0 Å². The van der Waals surface area contributed by atoms with Gasteiger partial charge >= 0.3 is 0 Å². The van der Waals surface area contributed by atoms with Gasteiger partial charge in [0.05, 0.1) is 9.75 Å². The van der Waals surface area contributed by atoms with Crippen molar-refractivity contribution in [2.75, 3.05) is 0 Å². The topological polar surface area (TPSA) is 43.1 Å². The Balaban J connectivity index is 2.10. The van der Waals surface area contributed by atoms with Crippen LogP contribution in [-0.2, 0) is 6.42 Å². The Labute approximate surface area is 124 Å². The third kappa shape index (κ3) is 3.42. The summed E-state index contributed by atoms with van der Waals surface area (Å²) >= 11 is 5.49. The van der Waals surface area contributed by atoms with Gasteiger partial charge in [-0.2, -0.15) is 0 Å². The lowest BCUT2D eigenvalue weighted by Crippen LogP contribution is -1.94. The summed E-state index contributed by atoms with van der Waals surface area (Å²) < 4.78 is 0. The van der Waals surface area contributed by atoms with Gasteiger partial charge in [0.15, 0.2) is 0 Å². The van der Waals surface area contributed by atoms with Crippen molar-refractivity contribution in [3.8, 4) is 0 Å². The van der Waals surface area contributed by atoms with Gasteiger partial charge in [-0.05, 0) is 37.5 Å². The van der Waals surface area contributed by atoms with Gasteiger partial charge in [-0.25, -0.2) is 0 Å². The number of nitro benzene ring substituents is 1. The summed E-state index contributed by atoms with van der Waals surface area (Å²) in [5.41, 5.74) is 2.54. The van der Waals surface area contributed by atoms with E-state index in [1.807, 2.05) is 12.1 Å². The fourth-order valence-electron chi connectivity index (χ4n) is 1.82. The zero-order chi connectivity index (χ0) is 14.0. The zero-order valence-electron chi connectivity index (χ0n) is 10.7. The average molecular weight is 340 g/mol. The number of halogens is 1. The van der Waals surface area contributed by atoms with Crippen molar-refractivity contribution in [3.05, 3.63) is 61.3 Å². The van der Waals surface area contributed by atoms with Crippen molar-refractivity contribution in [1.29, 1.82) is 0 Å². The number of thiophene rings is 1. The van der Waals surface area contributed by atoms with Crippen LogP contribution in [0.4, 0.5) is 5.69 Å². The van der Waals surface area contributed by atoms with E-state index < -0.39 is 0 Å². The molecule has 2 aromatic rings. The lowest BCUT2D eigenvalue weighted by Gasteiger charge is -2.07. The van der Waals surface area contributed by atoms with Gasteiger partial charge in [0.1, 0.15) is 0 Å². The first-order chi connectivity index (χ1) is 8.97. The summed E-state index contributed by atoms with van der Waals surface area (Å²) in [6.07, 6.45) is 0.831. The summed E-state index contributed by atoms with van der Waals surface area (Å²) in [5, 5.41) is 10.6. The maximum absolute atomic E-state index is 10.6. The monoisotopic (exact) mass is 339 g/mol. The summed E-state index contributed by atoms with van der Waals surface area (Å²) in [6, 6.07) is 8.95. The molecule has 2 rings (SSSR count). The van der Waals surface area contributed by atoms with E-state index in [1.54, 1.807) is 23.5 Å². The second-order valence-electron chi connectivity index (χ2n) is 4.48. The van der Waals surface area contributed by atoms with Crippen molar-refractivity contribution in [3.63, 3.8) is 0 Å². The molecule has 1 aromatic heterocycles. The van der Waals surface area contributed by atoms with Crippen LogP contribution in [0.25, 0.3) is 0 Å². The minimum atomic E-state index is -0.374. The molecule has 1 heterocycles. The maximum Gasteiger partial charge on any atom is 0.269 e. The molecule has 1 aromatic carbocycles. The van der Waals surface area contributed by atoms with E-state index in [1.165, 1.54) is 15.3 Å². The van der Waals surface area contributed by atoms with Crippen LogP contribution in [-0.4, -0.2) is 4.92 Å². The molecule has 0 aliphatic heterocycles. The molecule has 0 fully saturated rings. The van der Waals surface area contributed by atoms with Crippen LogP contribution >= 0.6 is 27.3 Å². The molecule has 0 saturated heterocycles. The maximum atomic E-state index is 10.6. The predicted octanol–water partition coefficient (Wildman–Crippen LogP) is 4.95. The van der Waals surface area contributed by atoms with Crippen molar-refractivity contribution in [2.24, 2.45) is 0 Å². The first-order valence-electron chi connectivity index (χ1n) is 5.91. The molecule has 0 radical (unpaired) electrons. The molecule has 0 aliphatic carbocycles. The molecule has 0 amide bonds. The lowest BCUT2D eigenvalue weighted by molar-refractivity contribution is -0.384. The number of hydrogen-bond acceptors (Lipinski definition) is 3. The van der Waals surface area contributed by atoms with Gasteiger partial charge in [0, 0.05) is 21.9 Å². The first-order valence-corrected chi connectivity index (χ1v) is 7.65. The van der Waals surface area contributed by atoms with Gasteiger partial charge in [0.25, 0.3) is 5.69 Å². The normalized spacial score (nSPS) is 12.4. The van der Waals surface area contributed by atoms with E-state index in [-0.39, 0.29) is 15.4 Å². The van der Waals surface area contributed by atoms with Gasteiger partial charge in [-0.1, -0.05) is 28.1 Å². The largest absolute Gasteiger partial charge is 0.269 e. The van der Waals surface area contributed by atoms with Crippen LogP contribution in [0.1, 0.15) is 25.7 Å². The Kier molecular flexibility index (Phi) is 4.37. The Bertz CT molecular complexity index is 572. The van der Waals surface area contributed by atoms with Crippen LogP contribution in [0.2, 0.25) is 0 Å². The Morgan fingerprint density at radius 1 is 1.32 bits per heavy atom. The third-order valence-electron chi connectivity index (χ3n) is 3.06.